The lowest BCUT2D eigenvalue weighted by Gasteiger charge is -2.58. The Morgan fingerprint density at radius 1 is 1.09 bits per heavy atom. The topological polar surface area (TPSA) is 66.9 Å². The van der Waals surface area contributed by atoms with E-state index in [1.165, 1.54) is 0 Å². The normalized spacial score (nSPS) is 57.3. The highest BCUT2D eigenvalue weighted by molar-refractivity contribution is 5.89. The Kier molecular flexibility index (Phi) is 2.70. The van der Waals surface area contributed by atoms with E-state index in [1.54, 1.807) is 0 Å². The zero-order valence-electron chi connectivity index (χ0n) is 13.8. The van der Waals surface area contributed by atoms with Gasteiger partial charge in [0.1, 0.15) is 17.5 Å². The molecular weight excluding hydrogens is 292 g/mol. The van der Waals surface area contributed by atoms with Crippen molar-refractivity contribution in [2.24, 2.45) is 28.6 Å². The highest BCUT2D eigenvalue weighted by atomic mass is 16.6. The minimum Gasteiger partial charge on any atom is -0.396 e. The Balaban J connectivity index is 1.55. The number of epoxide rings is 1. The number of hydrogen-bond donors (Lipinski definition) is 1. The molecule has 0 aromatic carbocycles. The summed E-state index contributed by atoms with van der Waals surface area (Å²) in [6.07, 6.45) is 6.75. The summed E-state index contributed by atoms with van der Waals surface area (Å²) in [5.74, 6) is 2.12. The van der Waals surface area contributed by atoms with Crippen LogP contribution in [0.25, 0.3) is 0 Å². The van der Waals surface area contributed by atoms with Gasteiger partial charge in [0.15, 0.2) is 5.78 Å². The quantitative estimate of drug-likeness (QED) is 0.753. The van der Waals surface area contributed by atoms with Crippen LogP contribution in [-0.2, 0) is 14.3 Å². The molecule has 0 aromatic heterocycles. The zero-order chi connectivity index (χ0) is 16.0. The van der Waals surface area contributed by atoms with E-state index in [9.17, 15) is 14.7 Å². The van der Waals surface area contributed by atoms with Crippen molar-refractivity contribution in [2.75, 3.05) is 6.61 Å². The summed E-state index contributed by atoms with van der Waals surface area (Å²) >= 11 is 0. The van der Waals surface area contributed by atoms with Crippen molar-refractivity contribution < 1.29 is 19.4 Å². The average molecular weight is 318 g/mol. The lowest BCUT2D eigenvalue weighted by Crippen LogP contribution is -2.61. The van der Waals surface area contributed by atoms with Crippen LogP contribution >= 0.6 is 0 Å². The van der Waals surface area contributed by atoms with Gasteiger partial charge in [0.05, 0.1) is 6.61 Å². The molecular formula is C19H26O4. The molecule has 0 aromatic rings. The Morgan fingerprint density at radius 2 is 1.91 bits per heavy atom. The Hall–Kier alpha value is -0.740. The van der Waals surface area contributed by atoms with Crippen LogP contribution in [0.1, 0.15) is 58.3 Å². The Bertz CT molecular complexity index is 600. The second-order valence-corrected chi connectivity index (χ2v) is 9.00. The summed E-state index contributed by atoms with van der Waals surface area (Å²) in [5.41, 5.74) is -0.729. The molecule has 1 heterocycles. The molecule has 4 aliphatic carbocycles. The van der Waals surface area contributed by atoms with E-state index in [-0.39, 0.29) is 34.9 Å². The third kappa shape index (κ3) is 1.47. The first-order valence-electron chi connectivity index (χ1n) is 9.33. The fraction of sp³-hybridized carbons (Fsp3) is 0.895. The molecule has 7 atom stereocenters. The fourth-order valence-electron chi connectivity index (χ4n) is 7.37. The predicted octanol–water partition coefficient (Wildman–Crippen LogP) is 2.27. The van der Waals surface area contributed by atoms with Crippen LogP contribution in [0.2, 0.25) is 0 Å². The van der Waals surface area contributed by atoms with Gasteiger partial charge < -0.3 is 9.84 Å². The molecule has 1 aliphatic heterocycles. The Morgan fingerprint density at radius 3 is 2.70 bits per heavy atom. The van der Waals surface area contributed by atoms with Gasteiger partial charge in [-0.05, 0) is 56.3 Å². The average Bonchev–Trinajstić information content (AvgIpc) is 3.22. The molecule has 4 saturated carbocycles. The van der Waals surface area contributed by atoms with E-state index in [4.69, 9.17) is 4.74 Å². The number of hydrogen-bond acceptors (Lipinski definition) is 4. The smallest absolute Gasteiger partial charge is 0.164 e. The molecule has 5 rings (SSSR count). The van der Waals surface area contributed by atoms with Crippen molar-refractivity contribution in [3.05, 3.63) is 0 Å². The molecule has 0 amide bonds. The SMILES string of the molecule is C[C@]12CC[C@H]3[C@@H](CC[C@]45O[C@H]4C(=O)CC[C@]35CO)[C@@H]1CCC2=O. The summed E-state index contributed by atoms with van der Waals surface area (Å²) in [6, 6.07) is 0. The van der Waals surface area contributed by atoms with Crippen molar-refractivity contribution in [3.8, 4) is 0 Å². The summed E-state index contributed by atoms with van der Waals surface area (Å²) in [4.78, 5) is 24.6. The first kappa shape index (κ1) is 14.6. The maximum absolute atomic E-state index is 12.4. The molecule has 23 heavy (non-hydrogen) atoms. The number of aliphatic hydroxyl groups is 1. The van der Waals surface area contributed by atoms with Crippen molar-refractivity contribution >= 4 is 11.6 Å². The minimum atomic E-state index is -0.366. The molecule has 5 fully saturated rings. The van der Waals surface area contributed by atoms with E-state index in [0.29, 0.717) is 30.0 Å². The fourth-order valence-corrected chi connectivity index (χ4v) is 7.37. The summed E-state index contributed by atoms with van der Waals surface area (Å²) in [7, 11) is 0. The van der Waals surface area contributed by atoms with Crippen molar-refractivity contribution in [1.82, 2.24) is 0 Å². The van der Waals surface area contributed by atoms with Crippen molar-refractivity contribution in [3.63, 3.8) is 0 Å². The van der Waals surface area contributed by atoms with Crippen molar-refractivity contribution in [1.29, 1.82) is 0 Å². The van der Waals surface area contributed by atoms with Crippen molar-refractivity contribution in [2.45, 2.75) is 70.0 Å². The molecule has 4 nitrogen and oxygen atoms in total. The molecule has 126 valence electrons. The van der Waals surface area contributed by atoms with Crippen LogP contribution in [0, 0.1) is 28.6 Å². The van der Waals surface area contributed by atoms with Gasteiger partial charge in [-0.15, -0.1) is 0 Å². The molecule has 1 saturated heterocycles. The number of carbonyl (C=O) groups excluding carboxylic acids is 2. The monoisotopic (exact) mass is 318 g/mol. The molecule has 5 aliphatic rings. The van der Waals surface area contributed by atoms with Crippen LogP contribution in [-0.4, -0.2) is 35.0 Å². The van der Waals surface area contributed by atoms with Crippen LogP contribution in [0.4, 0.5) is 0 Å². The van der Waals surface area contributed by atoms with Crippen LogP contribution in [0.15, 0.2) is 0 Å². The van der Waals surface area contributed by atoms with Gasteiger partial charge >= 0.3 is 0 Å². The summed E-state index contributed by atoms with van der Waals surface area (Å²) < 4.78 is 6.01. The van der Waals surface area contributed by atoms with E-state index in [0.717, 1.165) is 44.9 Å². The van der Waals surface area contributed by atoms with Gasteiger partial charge in [-0.2, -0.15) is 0 Å². The molecule has 1 spiro atoms. The largest absolute Gasteiger partial charge is 0.396 e. The maximum Gasteiger partial charge on any atom is 0.164 e. The number of fused-ring (bicyclic) bond motifs is 4. The van der Waals surface area contributed by atoms with Gasteiger partial charge in [0, 0.05) is 23.7 Å². The maximum atomic E-state index is 12.4. The van der Waals surface area contributed by atoms with E-state index < -0.39 is 0 Å². The number of ketones is 2. The molecule has 1 N–H and O–H groups in total. The zero-order valence-corrected chi connectivity index (χ0v) is 13.8. The van der Waals surface area contributed by atoms with Crippen LogP contribution in [0.5, 0.6) is 0 Å². The third-order valence-electron chi connectivity index (χ3n) is 8.63. The van der Waals surface area contributed by atoms with E-state index >= 15 is 0 Å². The Labute approximate surface area is 137 Å². The molecule has 0 radical (unpaired) electrons. The predicted molar refractivity (Wildman–Crippen MR) is 82.6 cm³/mol. The standard InChI is InChI=1S/C19H26O4/c1-17-7-5-13-11(12(17)2-3-15(17)22)4-9-19-16(23-19)14(21)6-8-18(13,19)10-20/h11-13,16,20H,2-10H2,1H3/t11-,12-,13-,16-,17-,18-,19-/m0/s1. The van der Waals surface area contributed by atoms with Crippen LogP contribution in [0.3, 0.4) is 0 Å². The van der Waals surface area contributed by atoms with Crippen LogP contribution < -0.4 is 0 Å². The first-order chi connectivity index (χ1) is 11.0. The second-order valence-electron chi connectivity index (χ2n) is 9.00. The molecule has 4 heteroatoms. The van der Waals surface area contributed by atoms with E-state index in [2.05, 4.69) is 6.92 Å². The number of carbonyl (C=O) groups is 2. The highest BCUT2D eigenvalue weighted by Crippen LogP contribution is 2.71. The summed E-state index contributed by atoms with van der Waals surface area (Å²) in [5, 5.41) is 10.4. The minimum absolute atomic E-state index is 0.128. The number of Topliss-reactive ketones (excluding diaryl/α,β-unsaturated/α-hetero) is 2. The third-order valence-corrected chi connectivity index (χ3v) is 8.63. The molecule has 0 bridgehead atoms. The van der Waals surface area contributed by atoms with Gasteiger partial charge in [-0.1, -0.05) is 6.92 Å². The van der Waals surface area contributed by atoms with Gasteiger partial charge in [-0.3, -0.25) is 9.59 Å². The lowest BCUT2D eigenvalue weighted by molar-refractivity contribution is -0.150. The van der Waals surface area contributed by atoms with Gasteiger partial charge in [0.2, 0.25) is 0 Å². The first-order valence-corrected chi connectivity index (χ1v) is 9.33. The lowest BCUT2D eigenvalue weighted by atomic mass is 9.44. The number of aliphatic hydroxyl groups excluding tert-OH is 1. The molecule has 0 unspecified atom stereocenters. The summed E-state index contributed by atoms with van der Waals surface area (Å²) in [6.45, 7) is 2.31. The second kappa shape index (κ2) is 4.26. The number of rotatable bonds is 1. The number of ether oxygens (including phenoxy) is 1. The highest BCUT2D eigenvalue weighted by Gasteiger charge is 2.77. The van der Waals surface area contributed by atoms with Gasteiger partial charge in [-0.25, -0.2) is 0 Å². The van der Waals surface area contributed by atoms with E-state index in [1.807, 2.05) is 0 Å². The van der Waals surface area contributed by atoms with Gasteiger partial charge in [0.25, 0.3) is 0 Å².